The lowest BCUT2D eigenvalue weighted by molar-refractivity contribution is 0.0143. The van der Waals surface area contributed by atoms with Gasteiger partial charge < -0.3 is 15.4 Å². The average molecular weight is 310 g/mol. The lowest BCUT2D eigenvalue weighted by Crippen LogP contribution is -2.46. The van der Waals surface area contributed by atoms with Crippen LogP contribution < -0.4 is 10.6 Å². The van der Waals surface area contributed by atoms with Crippen LogP contribution >= 0.6 is 0 Å². The number of guanidine groups is 1. The van der Waals surface area contributed by atoms with Crippen molar-refractivity contribution >= 4 is 5.96 Å². The fraction of sp³-hybridized carbons (Fsp3) is 0.941. The van der Waals surface area contributed by atoms with Gasteiger partial charge >= 0.3 is 0 Å². The first-order chi connectivity index (χ1) is 10.6. The van der Waals surface area contributed by atoms with Crippen molar-refractivity contribution in [2.75, 3.05) is 39.4 Å². The molecule has 5 heteroatoms. The van der Waals surface area contributed by atoms with Gasteiger partial charge in [-0.1, -0.05) is 20.8 Å². The fourth-order valence-corrected chi connectivity index (χ4v) is 3.04. The van der Waals surface area contributed by atoms with Crippen LogP contribution in [-0.4, -0.2) is 62.3 Å². The van der Waals surface area contributed by atoms with Crippen molar-refractivity contribution in [1.82, 2.24) is 15.5 Å². The Hall–Kier alpha value is -0.810. The van der Waals surface area contributed by atoms with Gasteiger partial charge in [-0.15, -0.1) is 0 Å². The molecule has 0 radical (unpaired) electrons. The summed E-state index contributed by atoms with van der Waals surface area (Å²) in [5, 5.41) is 6.93. The second-order valence-corrected chi connectivity index (χ2v) is 7.12. The summed E-state index contributed by atoms with van der Waals surface area (Å²) in [7, 11) is 0. The van der Waals surface area contributed by atoms with E-state index in [9.17, 15) is 0 Å². The molecule has 2 fully saturated rings. The van der Waals surface area contributed by atoms with Gasteiger partial charge in [-0.3, -0.25) is 9.89 Å². The largest absolute Gasteiger partial charge is 0.379 e. The minimum atomic E-state index is 0.524. The number of morpholine rings is 1. The van der Waals surface area contributed by atoms with Gasteiger partial charge in [0.2, 0.25) is 0 Å². The zero-order valence-corrected chi connectivity index (χ0v) is 14.8. The van der Waals surface area contributed by atoms with Crippen molar-refractivity contribution in [3.05, 3.63) is 0 Å². The molecule has 5 nitrogen and oxygen atoms in total. The van der Waals surface area contributed by atoms with Gasteiger partial charge in [0.15, 0.2) is 5.96 Å². The van der Waals surface area contributed by atoms with E-state index < -0.39 is 0 Å². The van der Waals surface area contributed by atoms with Crippen LogP contribution in [0.4, 0.5) is 0 Å². The van der Waals surface area contributed by atoms with E-state index >= 15 is 0 Å². The van der Waals surface area contributed by atoms with Crippen molar-refractivity contribution in [1.29, 1.82) is 0 Å². The van der Waals surface area contributed by atoms with Crippen LogP contribution in [0, 0.1) is 11.8 Å². The van der Waals surface area contributed by atoms with E-state index in [1.165, 1.54) is 12.8 Å². The SMILES string of the molecule is CCNC(=NCC(CC(C)C)N1CCOCC1)NC1CC1C. The number of hydrogen-bond acceptors (Lipinski definition) is 3. The maximum Gasteiger partial charge on any atom is 0.191 e. The highest BCUT2D eigenvalue weighted by Crippen LogP contribution is 2.28. The minimum Gasteiger partial charge on any atom is -0.379 e. The molecular formula is C17H34N4O. The third-order valence-corrected chi connectivity index (χ3v) is 4.54. The summed E-state index contributed by atoms with van der Waals surface area (Å²) < 4.78 is 5.49. The molecule has 0 aromatic rings. The lowest BCUT2D eigenvalue weighted by atomic mass is 10.0. The number of ether oxygens (including phenoxy) is 1. The monoisotopic (exact) mass is 310 g/mol. The molecule has 2 rings (SSSR count). The third-order valence-electron chi connectivity index (χ3n) is 4.54. The summed E-state index contributed by atoms with van der Waals surface area (Å²) in [5.41, 5.74) is 0. The summed E-state index contributed by atoms with van der Waals surface area (Å²) in [6.45, 7) is 14.6. The van der Waals surface area contributed by atoms with Gasteiger partial charge in [-0.25, -0.2) is 0 Å². The van der Waals surface area contributed by atoms with Crippen molar-refractivity contribution in [2.45, 2.75) is 52.6 Å². The van der Waals surface area contributed by atoms with Gasteiger partial charge in [-0.05, 0) is 31.6 Å². The second-order valence-electron chi connectivity index (χ2n) is 7.12. The Morgan fingerprint density at radius 2 is 2.00 bits per heavy atom. The zero-order chi connectivity index (χ0) is 15.9. The van der Waals surface area contributed by atoms with Crippen LogP contribution in [0.25, 0.3) is 0 Å². The molecule has 2 N–H and O–H groups in total. The maximum atomic E-state index is 5.49. The van der Waals surface area contributed by atoms with E-state index in [1.807, 2.05) is 0 Å². The molecule has 1 aliphatic carbocycles. The summed E-state index contributed by atoms with van der Waals surface area (Å²) >= 11 is 0. The minimum absolute atomic E-state index is 0.524. The first-order valence-electron chi connectivity index (χ1n) is 8.96. The van der Waals surface area contributed by atoms with E-state index in [1.54, 1.807) is 0 Å². The first-order valence-corrected chi connectivity index (χ1v) is 8.96. The Morgan fingerprint density at radius 3 is 2.55 bits per heavy atom. The molecule has 2 aliphatic rings. The molecule has 22 heavy (non-hydrogen) atoms. The Labute approximate surface area is 135 Å². The first kappa shape index (κ1) is 17.5. The van der Waals surface area contributed by atoms with E-state index in [-0.39, 0.29) is 0 Å². The number of nitrogens with zero attached hydrogens (tertiary/aromatic N) is 2. The smallest absolute Gasteiger partial charge is 0.191 e. The molecule has 0 spiro atoms. The maximum absolute atomic E-state index is 5.49. The summed E-state index contributed by atoms with van der Waals surface area (Å²) in [5.74, 6) is 2.47. The second kappa shape index (κ2) is 8.73. The van der Waals surface area contributed by atoms with E-state index in [0.29, 0.717) is 18.0 Å². The summed E-state index contributed by atoms with van der Waals surface area (Å²) in [6.07, 6.45) is 2.46. The molecule has 1 saturated heterocycles. The molecule has 1 heterocycles. The van der Waals surface area contributed by atoms with E-state index in [4.69, 9.17) is 9.73 Å². The molecule has 3 atom stereocenters. The number of hydrogen-bond donors (Lipinski definition) is 2. The van der Waals surface area contributed by atoms with Crippen LogP contribution in [0.15, 0.2) is 4.99 Å². The molecule has 0 amide bonds. The standard InChI is InChI=1S/C17H34N4O/c1-5-18-17(20-16-11-14(16)4)19-12-15(10-13(2)3)21-6-8-22-9-7-21/h13-16H,5-12H2,1-4H3,(H2,18,19,20). The Kier molecular flexibility index (Phi) is 6.96. The van der Waals surface area contributed by atoms with E-state index in [2.05, 4.69) is 43.2 Å². The Morgan fingerprint density at radius 1 is 1.32 bits per heavy atom. The van der Waals surface area contributed by atoms with Crippen molar-refractivity contribution in [2.24, 2.45) is 16.8 Å². The zero-order valence-electron chi connectivity index (χ0n) is 14.8. The predicted molar refractivity (Wildman–Crippen MR) is 92.3 cm³/mol. The Bertz CT molecular complexity index is 353. The quantitative estimate of drug-likeness (QED) is 0.555. The average Bonchev–Trinajstić information content (AvgIpc) is 3.19. The van der Waals surface area contributed by atoms with Gasteiger partial charge in [0, 0.05) is 31.7 Å². The number of rotatable bonds is 7. The van der Waals surface area contributed by atoms with Gasteiger partial charge in [-0.2, -0.15) is 0 Å². The van der Waals surface area contributed by atoms with Crippen LogP contribution in [-0.2, 0) is 4.74 Å². The summed E-state index contributed by atoms with van der Waals surface area (Å²) in [4.78, 5) is 7.42. The lowest BCUT2D eigenvalue weighted by Gasteiger charge is -2.34. The highest BCUT2D eigenvalue weighted by molar-refractivity contribution is 5.80. The number of nitrogens with one attached hydrogen (secondary N) is 2. The van der Waals surface area contributed by atoms with Gasteiger partial charge in [0.25, 0.3) is 0 Å². The molecular weight excluding hydrogens is 276 g/mol. The summed E-state index contributed by atoms with van der Waals surface area (Å²) in [6, 6.07) is 1.14. The highest BCUT2D eigenvalue weighted by atomic mass is 16.5. The normalized spacial score (nSPS) is 27.8. The Balaban J connectivity index is 1.91. The molecule has 128 valence electrons. The van der Waals surface area contributed by atoms with Crippen LogP contribution in [0.1, 0.15) is 40.5 Å². The predicted octanol–water partition coefficient (Wildman–Crippen LogP) is 1.70. The highest BCUT2D eigenvalue weighted by Gasteiger charge is 2.33. The molecule has 0 aromatic heterocycles. The van der Waals surface area contributed by atoms with Gasteiger partial charge in [0.05, 0.1) is 19.8 Å². The van der Waals surface area contributed by atoms with Crippen LogP contribution in [0.3, 0.4) is 0 Å². The molecule has 0 bridgehead atoms. The third kappa shape index (κ3) is 5.76. The number of aliphatic imine (C=N–C) groups is 1. The van der Waals surface area contributed by atoms with Crippen LogP contribution in [0.2, 0.25) is 0 Å². The molecule has 1 aliphatic heterocycles. The van der Waals surface area contributed by atoms with Gasteiger partial charge in [0.1, 0.15) is 0 Å². The van der Waals surface area contributed by atoms with E-state index in [0.717, 1.165) is 51.3 Å². The van der Waals surface area contributed by atoms with Crippen molar-refractivity contribution in [3.63, 3.8) is 0 Å². The molecule has 3 unspecified atom stereocenters. The molecule has 1 saturated carbocycles. The topological polar surface area (TPSA) is 48.9 Å². The molecule has 0 aromatic carbocycles. The van der Waals surface area contributed by atoms with Crippen molar-refractivity contribution in [3.8, 4) is 0 Å². The fourth-order valence-electron chi connectivity index (χ4n) is 3.04. The van der Waals surface area contributed by atoms with Crippen LogP contribution in [0.5, 0.6) is 0 Å². The van der Waals surface area contributed by atoms with Crippen molar-refractivity contribution < 1.29 is 4.74 Å².